The Hall–Kier alpha value is -1.70. The first-order valence-electron chi connectivity index (χ1n) is 6.02. The fourth-order valence-electron chi connectivity index (χ4n) is 1.51. The van der Waals surface area contributed by atoms with Crippen molar-refractivity contribution < 1.29 is 22.8 Å². The number of nitrogens with one attached hydrogen (secondary N) is 2. The van der Waals surface area contributed by atoms with Crippen LogP contribution in [0, 0.1) is 0 Å². The third kappa shape index (κ3) is 5.66. The van der Waals surface area contributed by atoms with Crippen molar-refractivity contribution in [1.82, 2.24) is 5.32 Å². The summed E-state index contributed by atoms with van der Waals surface area (Å²) < 4.78 is 37.1. The van der Waals surface area contributed by atoms with E-state index in [4.69, 9.17) is 0 Å². The molecule has 0 aliphatic rings. The maximum Gasteiger partial charge on any atom is 0.416 e. The van der Waals surface area contributed by atoms with E-state index >= 15 is 0 Å². The molecule has 21 heavy (non-hydrogen) atoms. The van der Waals surface area contributed by atoms with E-state index in [1.54, 1.807) is 6.92 Å². The van der Waals surface area contributed by atoms with Crippen LogP contribution in [0.1, 0.15) is 12.5 Å². The molecule has 1 aromatic rings. The molecule has 0 radical (unpaired) electrons. The monoisotopic (exact) mass is 320 g/mol. The molecule has 0 spiro atoms. The van der Waals surface area contributed by atoms with Gasteiger partial charge in [0.05, 0.1) is 5.56 Å². The summed E-state index contributed by atoms with van der Waals surface area (Å²) >= 11 is 1.52. The Morgan fingerprint density at radius 3 is 2.24 bits per heavy atom. The summed E-state index contributed by atoms with van der Waals surface area (Å²) in [7, 11) is 0. The van der Waals surface area contributed by atoms with E-state index < -0.39 is 23.6 Å². The minimum absolute atomic E-state index is 0.126. The van der Waals surface area contributed by atoms with E-state index in [1.807, 2.05) is 6.26 Å². The Balaban J connectivity index is 2.60. The van der Waals surface area contributed by atoms with Crippen molar-refractivity contribution in [3.8, 4) is 0 Å². The number of thioether (sulfide) groups is 1. The Morgan fingerprint density at radius 2 is 1.76 bits per heavy atom. The Labute approximate surface area is 124 Å². The lowest BCUT2D eigenvalue weighted by Gasteiger charge is -2.12. The van der Waals surface area contributed by atoms with Gasteiger partial charge in [-0.2, -0.15) is 24.9 Å². The Kier molecular flexibility index (Phi) is 6.07. The molecule has 0 aliphatic carbocycles. The second-order valence-corrected chi connectivity index (χ2v) is 5.27. The minimum atomic E-state index is -4.44. The van der Waals surface area contributed by atoms with Crippen LogP contribution in [0.4, 0.5) is 18.9 Å². The Morgan fingerprint density at radius 1 is 1.19 bits per heavy atom. The number of carbonyl (C=O) groups excluding carboxylic acids is 2. The van der Waals surface area contributed by atoms with Crippen LogP contribution in [-0.4, -0.2) is 29.9 Å². The van der Waals surface area contributed by atoms with Crippen molar-refractivity contribution in [2.75, 3.05) is 17.3 Å². The SMILES string of the molecule is CSC[C@@H](C)NC(=O)C(=O)Nc1ccc(C(F)(F)F)cc1. The zero-order valence-electron chi connectivity index (χ0n) is 11.5. The molecule has 0 heterocycles. The average Bonchev–Trinajstić information content (AvgIpc) is 2.38. The predicted octanol–water partition coefficient (Wildman–Crippen LogP) is 2.51. The molecule has 0 aromatic heterocycles. The van der Waals surface area contributed by atoms with Crippen LogP contribution >= 0.6 is 11.8 Å². The standard InChI is InChI=1S/C13H15F3N2O2S/c1-8(7-21-2)17-11(19)12(20)18-10-5-3-9(4-6-10)13(14,15)16/h3-6,8H,7H2,1-2H3,(H,17,19)(H,18,20)/t8-/m1/s1. The van der Waals surface area contributed by atoms with Gasteiger partial charge in [0.1, 0.15) is 0 Å². The highest BCUT2D eigenvalue weighted by atomic mass is 32.2. The highest BCUT2D eigenvalue weighted by molar-refractivity contribution is 7.98. The summed E-state index contributed by atoms with van der Waals surface area (Å²) in [5, 5.41) is 4.73. The van der Waals surface area contributed by atoms with E-state index in [1.165, 1.54) is 11.8 Å². The summed E-state index contributed by atoms with van der Waals surface area (Å²) in [6.45, 7) is 1.75. The predicted molar refractivity (Wildman–Crippen MR) is 76.1 cm³/mol. The molecule has 2 amide bonds. The van der Waals surface area contributed by atoms with Crippen LogP contribution in [0.2, 0.25) is 0 Å². The highest BCUT2D eigenvalue weighted by Gasteiger charge is 2.30. The molecule has 1 rings (SSSR count). The molecule has 8 heteroatoms. The molecule has 0 saturated heterocycles. The van der Waals surface area contributed by atoms with Gasteiger partial charge in [-0.3, -0.25) is 9.59 Å². The van der Waals surface area contributed by atoms with Crippen LogP contribution in [-0.2, 0) is 15.8 Å². The fraction of sp³-hybridized carbons (Fsp3) is 0.385. The number of carbonyl (C=O) groups is 2. The largest absolute Gasteiger partial charge is 0.416 e. The molecule has 0 unspecified atom stereocenters. The maximum absolute atomic E-state index is 12.4. The lowest BCUT2D eigenvalue weighted by Crippen LogP contribution is -2.41. The van der Waals surface area contributed by atoms with Gasteiger partial charge in [0.2, 0.25) is 0 Å². The molecule has 1 aromatic carbocycles. The molecule has 0 fully saturated rings. The van der Waals surface area contributed by atoms with Crippen molar-refractivity contribution in [3.63, 3.8) is 0 Å². The van der Waals surface area contributed by atoms with Crippen molar-refractivity contribution in [1.29, 1.82) is 0 Å². The van der Waals surface area contributed by atoms with E-state index in [2.05, 4.69) is 10.6 Å². The fourth-order valence-corrected chi connectivity index (χ4v) is 2.09. The van der Waals surface area contributed by atoms with Gasteiger partial charge in [-0.25, -0.2) is 0 Å². The molecule has 0 saturated carbocycles. The Bertz CT molecular complexity index is 503. The molecule has 4 nitrogen and oxygen atoms in total. The number of hydrogen-bond donors (Lipinski definition) is 2. The second-order valence-electron chi connectivity index (χ2n) is 4.36. The zero-order valence-corrected chi connectivity index (χ0v) is 12.3. The van der Waals surface area contributed by atoms with Crippen molar-refractivity contribution in [2.24, 2.45) is 0 Å². The molecule has 2 N–H and O–H groups in total. The molecule has 1 atom stereocenters. The molecule has 0 aliphatic heterocycles. The number of amides is 2. The van der Waals surface area contributed by atoms with Gasteiger partial charge in [0, 0.05) is 17.5 Å². The lowest BCUT2D eigenvalue weighted by atomic mass is 10.2. The normalized spacial score (nSPS) is 12.6. The average molecular weight is 320 g/mol. The van der Waals surface area contributed by atoms with Crippen LogP contribution in [0.3, 0.4) is 0 Å². The summed E-state index contributed by atoms with van der Waals surface area (Å²) in [4.78, 5) is 23.1. The number of rotatable bonds is 4. The maximum atomic E-state index is 12.4. The summed E-state index contributed by atoms with van der Waals surface area (Å²) in [6, 6.07) is 3.69. The topological polar surface area (TPSA) is 58.2 Å². The van der Waals surface area contributed by atoms with Crippen LogP contribution in [0.25, 0.3) is 0 Å². The van der Waals surface area contributed by atoms with Gasteiger partial charge >= 0.3 is 18.0 Å². The number of benzene rings is 1. The number of anilines is 1. The van der Waals surface area contributed by atoms with Gasteiger partial charge in [0.15, 0.2) is 0 Å². The highest BCUT2D eigenvalue weighted by Crippen LogP contribution is 2.29. The van der Waals surface area contributed by atoms with Gasteiger partial charge in [-0.05, 0) is 37.4 Å². The number of halogens is 3. The van der Waals surface area contributed by atoms with Gasteiger partial charge in [-0.15, -0.1) is 0 Å². The molecular weight excluding hydrogens is 305 g/mol. The van der Waals surface area contributed by atoms with Gasteiger partial charge < -0.3 is 10.6 Å². The number of alkyl halides is 3. The summed E-state index contributed by atoms with van der Waals surface area (Å²) in [5.41, 5.74) is -0.695. The van der Waals surface area contributed by atoms with Crippen LogP contribution in [0.15, 0.2) is 24.3 Å². The third-order valence-electron chi connectivity index (χ3n) is 2.47. The van der Waals surface area contributed by atoms with E-state index in [0.29, 0.717) is 5.75 Å². The van der Waals surface area contributed by atoms with E-state index in [-0.39, 0.29) is 11.7 Å². The zero-order chi connectivity index (χ0) is 16.0. The first-order chi connectivity index (χ1) is 9.74. The van der Waals surface area contributed by atoms with Crippen LogP contribution in [0.5, 0.6) is 0 Å². The van der Waals surface area contributed by atoms with Crippen molar-refractivity contribution in [3.05, 3.63) is 29.8 Å². The first-order valence-corrected chi connectivity index (χ1v) is 7.41. The minimum Gasteiger partial charge on any atom is -0.345 e. The molecular formula is C13H15F3N2O2S. The van der Waals surface area contributed by atoms with Gasteiger partial charge in [0.25, 0.3) is 0 Å². The smallest absolute Gasteiger partial charge is 0.345 e. The molecule has 116 valence electrons. The van der Waals surface area contributed by atoms with Gasteiger partial charge in [-0.1, -0.05) is 0 Å². The summed E-state index contributed by atoms with van der Waals surface area (Å²) in [5.74, 6) is -1.08. The number of hydrogen-bond acceptors (Lipinski definition) is 3. The van der Waals surface area contributed by atoms with E-state index in [9.17, 15) is 22.8 Å². The summed E-state index contributed by atoms with van der Waals surface area (Å²) in [6.07, 6.45) is -2.57. The van der Waals surface area contributed by atoms with Crippen LogP contribution < -0.4 is 10.6 Å². The third-order valence-corrected chi connectivity index (χ3v) is 3.30. The lowest BCUT2D eigenvalue weighted by molar-refractivity contribution is -0.137. The second kappa shape index (κ2) is 7.35. The molecule has 0 bridgehead atoms. The first kappa shape index (κ1) is 17.4. The van der Waals surface area contributed by atoms with Crippen molar-refractivity contribution >= 4 is 29.3 Å². The van der Waals surface area contributed by atoms with Crippen molar-refractivity contribution in [2.45, 2.75) is 19.1 Å². The van der Waals surface area contributed by atoms with E-state index in [0.717, 1.165) is 24.3 Å². The quantitative estimate of drug-likeness (QED) is 0.838.